The molecule has 15 heavy (non-hydrogen) atoms. The molecule has 1 aromatic rings. The van der Waals surface area contributed by atoms with E-state index in [1.807, 2.05) is 0 Å². The zero-order chi connectivity index (χ0) is 11.1. The van der Waals surface area contributed by atoms with E-state index in [1.165, 1.54) is 19.2 Å². The number of ether oxygens (including phenoxy) is 1. The molecule has 1 aliphatic carbocycles. The van der Waals surface area contributed by atoms with E-state index in [9.17, 15) is 4.39 Å². The third kappa shape index (κ3) is 1.70. The van der Waals surface area contributed by atoms with Gasteiger partial charge in [0.05, 0.1) is 12.1 Å². The topological polar surface area (TPSA) is 35.2 Å². The number of hydrogen-bond acceptors (Lipinski definition) is 2. The first-order valence-electron chi connectivity index (χ1n) is 4.86. The van der Waals surface area contributed by atoms with Crippen molar-refractivity contribution in [1.82, 2.24) is 0 Å². The SMILES string of the molecule is COc1cc(F)cc(C2(CN)CC2)c1Cl. The van der Waals surface area contributed by atoms with Gasteiger partial charge in [0.1, 0.15) is 11.6 Å². The molecule has 0 amide bonds. The third-order valence-corrected chi connectivity index (χ3v) is 3.43. The van der Waals surface area contributed by atoms with Crippen LogP contribution in [0, 0.1) is 5.82 Å². The van der Waals surface area contributed by atoms with Gasteiger partial charge < -0.3 is 10.5 Å². The molecule has 0 aliphatic heterocycles. The van der Waals surface area contributed by atoms with E-state index in [-0.39, 0.29) is 11.2 Å². The summed E-state index contributed by atoms with van der Waals surface area (Å²) in [7, 11) is 1.48. The number of rotatable bonds is 3. The van der Waals surface area contributed by atoms with Crippen LogP contribution in [0.25, 0.3) is 0 Å². The quantitative estimate of drug-likeness (QED) is 0.864. The van der Waals surface area contributed by atoms with Gasteiger partial charge in [0.15, 0.2) is 0 Å². The maximum Gasteiger partial charge on any atom is 0.140 e. The lowest BCUT2D eigenvalue weighted by molar-refractivity contribution is 0.410. The molecule has 0 saturated heterocycles. The van der Waals surface area contributed by atoms with Gasteiger partial charge in [0.2, 0.25) is 0 Å². The minimum Gasteiger partial charge on any atom is -0.495 e. The van der Waals surface area contributed by atoms with Gasteiger partial charge in [-0.3, -0.25) is 0 Å². The Hall–Kier alpha value is -0.800. The van der Waals surface area contributed by atoms with Gasteiger partial charge in [-0.15, -0.1) is 0 Å². The standard InChI is InChI=1S/C11H13ClFNO/c1-15-9-5-7(13)4-8(10(9)12)11(6-14)2-3-11/h4-5H,2-3,6,14H2,1H3. The predicted octanol–water partition coefficient (Wildman–Crippen LogP) is 2.48. The van der Waals surface area contributed by atoms with Crippen molar-refractivity contribution in [1.29, 1.82) is 0 Å². The third-order valence-electron chi connectivity index (χ3n) is 3.04. The minimum absolute atomic E-state index is 0.119. The Morgan fingerprint density at radius 2 is 2.20 bits per heavy atom. The molecule has 0 bridgehead atoms. The van der Waals surface area contributed by atoms with Crippen molar-refractivity contribution in [3.05, 3.63) is 28.5 Å². The zero-order valence-corrected chi connectivity index (χ0v) is 9.27. The minimum atomic E-state index is -0.328. The van der Waals surface area contributed by atoms with Gasteiger partial charge >= 0.3 is 0 Å². The van der Waals surface area contributed by atoms with Crippen molar-refractivity contribution in [2.75, 3.05) is 13.7 Å². The van der Waals surface area contributed by atoms with Crippen LogP contribution in [-0.4, -0.2) is 13.7 Å². The zero-order valence-electron chi connectivity index (χ0n) is 8.52. The summed E-state index contributed by atoms with van der Waals surface area (Å²) < 4.78 is 18.3. The van der Waals surface area contributed by atoms with Crippen LogP contribution in [0.5, 0.6) is 5.75 Å². The van der Waals surface area contributed by atoms with Gasteiger partial charge in [0, 0.05) is 18.0 Å². The molecule has 1 fully saturated rings. The highest BCUT2D eigenvalue weighted by Gasteiger charge is 2.45. The second-order valence-corrected chi connectivity index (χ2v) is 4.33. The number of hydrogen-bond donors (Lipinski definition) is 1. The monoisotopic (exact) mass is 229 g/mol. The van der Waals surface area contributed by atoms with Crippen LogP contribution >= 0.6 is 11.6 Å². The molecular formula is C11H13ClFNO. The van der Waals surface area contributed by atoms with Crippen molar-refractivity contribution in [2.45, 2.75) is 18.3 Å². The van der Waals surface area contributed by atoms with Crippen LogP contribution in [0.15, 0.2) is 12.1 Å². The van der Waals surface area contributed by atoms with E-state index in [1.54, 1.807) is 0 Å². The Kier molecular flexibility index (Phi) is 2.61. The first kappa shape index (κ1) is 10.7. The van der Waals surface area contributed by atoms with Crippen molar-refractivity contribution in [2.24, 2.45) is 5.73 Å². The molecule has 1 aromatic carbocycles. The molecule has 2 rings (SSSR count). The molecule has 0 spiro atoms. The fourth-order valence-corrected chi connectivity index (χ4v) is 2.22. The summed E-state index contributed by atoms with van der Waals surface area (Å²) in [6.45, 7) is 0.499. The maximum absolute atomic E-state index is 13.3. The highest BCUT2D eigenvalue weighted by Crippen LogP contribution is 2.51. The highest BCUT2D eigenvalue weighted by atomic mass is 35.5. The van der Waals surface area contributed by atoms with Crippen molar-refractivity contribution >= 4 is 11.6 Å². The lowest BCUT2D eigenvalue weighted by atomic mass is 9.95. The first-order chi connectivity index (χ1) is 7.13. The molecule has 0 aromatic heterocycles. The van der Waals surface area contributed by atoms with Gasteiger partial charge in [-0.05, 0) is 24.5 Å². The van der Waals surface area contributed by atoms with Crippen LogP contribution in [0.2, 0.25) is 5.02 Å². The smallest absolute Gasteiger partial charge is 0.140 e. The van der Waals surface area contributed by atoms with E-state index in [4.69, 9.17) is 22.1 Å². The lowest BCUT2D eigenvalue weighted by Crippen LogP contribution is -2.20. The molecule has 0 heterocycles. The second-order valence-electron chi connectivity index (χ2n) is 3.95. The average Bonchev–Trinajstić information content (AvgIpc) is 3.01. The first-order valence-corrected chi connectivity index (χ1v) is 5.24. The molecule has 4 heteroatoms. The Labute approximate surface area is 93.2 Å². The molecule has 0 radical (unpaired) electrons. The Morgan fingerprint density at radius 1 is 1.53 bits per heavy atom. The highest BCUT2D eigenvalue weighted by molar-refractivity contribution is 6.33. The molecule has 1 aliphatic rings. The van der Waals surface area contributed by atoms with Gasteiger partial charge in [-0.1, -0.05) is 11.6 Å². The summed E-state index contributed by atoms with van der Waals surface area (Å²) in [4.78, 5) is 0. The van der Waals surface area contributed by atoms with Crippen LogP contribution in [0.3, 0.4) is 0 Å². The summed E-state index contributed by atoms with van der Waals surface area (Å²) in [6.07, 6.45) is 1.94. The summed E-state index contributed by atoms with van der Waals surface area (Å²) >= 11 is 6.14. The van der Waals surface area contributed by atoms with Crippen LogP contribution in [-0.2, 0) is 5.41 Å². The fourth-order valence-electron chi connectivity index (χ4n) is 1.83. The van der Waals surface area contributed by atoms with Crippen LogP contribution < -0.4 is 10.5 Å². The van der Waals surface area contributed by atoms with E-state index in [0.29, 0.717) is 17.3 Å². The van der Waals surface area contributed by atoms with Crippen LogP contribution in [0.1, 0.15) is 18.4 Å². The largest absolute Gasteiger partial charge is 0.495 e. The summed E-state index contributed by atoms with van der Waals surface area (Å²) in [6, 6.07) is 2.75. The number of nitrogens with two attached hydrogens (primary N) is 1. The van der Waals surface area contributed by atoms with Gasteiger partial charge in [-0.25, -0.2) is 4.39 Å². The van der Waals surface area contributed by atoms with Crippen molar-refractivity contribution < 1.29 is 9.13 Å². The molecule has 1 saturated carbocycles. The van der Waals surface area contributed by atoms with Gasteiger partial charge in [-0.2, -0.15) is 0 Å². The number of benzene rings is 1. The average molecular weight is 230 g/mol. The van der Waals surface area contributed by atoms with E-state index >= 15 is 0 Å². The lowest BCUT2D eigenvalue weighted by Gasteiger charge is -2.16. The molecule has 2 N–H and O–H groups in total. The predicted molar refractivity (Wildman–Crippen MR) is 57.9 cm³/mol. The van der Waals surface area contributed by atoms with Crippen LogP contribution in [0.4, 0.5) is 4.39 Å². The molecule has 2 nitrogen and oxygen atoms in total. The fraction of sp³-hybridized carbons (Fsp3) is 0.455. The summed E-state index contributed by atoms with van der Waals surface area (Å²) in [5.74, 6) is 0.0531. The molecule has 82 valence electrons. The molecular weight excluding hydrogens is 217 g/mol. The van der Waals surface area contributed by atoms with E-state index in [0.717, 1.165) is 18.4 Å². The number of methoxy groups -OCH3 is 1. The maximum atomic E-state index is 13.3. The van der Waals surface area contributed by atoms with E-state index in [2.05, 4.69) is 0 Å². The van der Waals surface area contributed by atoms with Gasteiger partial charge in [0.25, 0.3) is 0 Å². The van der Waals surface area contributed by atoms with Crippen molar-refractivity contribution in [3.63, 3.8) is 0 Å². The molecule has 0 unspecified atom stereocenters. The molecule has 0 atom stereocenters. The second kappa shape index (κ2) is 3.65. The Bertz CT molecular complexity index is 390. The van der Waals surface area contributed by atoms with E-state index < -0.39 is 0 Å². The Balaban J connectivity index is 2.51. The Morgan fingerprint density at radius 3 is 2.67 bits per heavy atom. The van der Waals surface area contributed by atoms with Crippen molar-refractivity contribution in [3.8, 4) is 5.75 Å². The summed E-state index contributed by atoms with van der Waals surface area (Å²) in [5, 5.41) is 0.488. The summed E-state index contributed by atoms with van der Waals surface area (Å²) in [5.41, 5.74) is 6.35. The number of halogens is 2. The normalized spacial score (nSPS) is 17.6.